The quantitative estimate of drug-likeness (QED) is 0.0743. The molecule has 51 heavy (non-hydrogen) atoms. The molecule has 0 bridgehead atoms. The van der Waals surface area contributed by atoms with Crippen molar-refractivity contribution in [2.24, 2.45) is 0 Å². The van der Waals surface area contributed by atoms with Crippen LogP contribution in [0.4, 0.5) is 0 Å². The first-order chi connectivity index (χ1) is 23.8. The van der Waals surface area contributed by atoms with Gasteiger partial charge in [-0.1, -0.05) is 0 Å². The Kier molecular flexibility index (Phi) is 23.7. The summed E-state index contributed by atoms with van der Waals surface area (Å²) in [7, 11) is 1.66. The Hall–Kier alpha value is -4.14. The van der Waals surface area contributed by atoms with E-state index in [1.807, 2.05) is 0 Å². The molecule has 0 aromatic heterocycles. The lowest BCUT2D eigenvalue weighted by molar-refractivity contribution is -0.127. The molecule has 15 nitrogen and oxygen atoms in total. The van der Waals surface area contributed by atoms with E-state index in [2.05, 4.69) is 26.6 Å². The third-order valence-corrected chi connectivity index (χ3v) is 8.02. The number of carbonyl (C=O) groups is 10. The van der Waals surface area contributed by atoms with E-state index in [-0.39, 0.29) is 124 Å². The van der Waals surface area contributed by atoms with Crippen LogP contribution < -0.4 is 26.6 Å². The highest BCUT2D eigenvalue weighted by atomic mass is 16.2. The van der Waals surface area contributed by atoms with Gasteiger partial charge in [0.1, 0.15) is 34.7 Å². The largest absolute Gasteiger partial charge is 0.353 e. The Labute approximate surface area is 301 Å². The Morgan fingerprint density at radius 1 is 0.333 bits per heavy atom. The molecule has 0 aliphatic rings. The third kappa shape index (κ3) is 26.4. The minimum absolute atomic E-state index is 0.00197. The highest BCUT2D eigenvalue weighted by Gasteiger charge is 2.25. The smallest absolute Gasteiger partial charge is 0.222 e. The van der Waals surface area contributed by atoms with Crippen LogP contribution in [0.1, 0.15) is 131 Å². The summed E-state index contributed by atoms with van der Waals surface area (Å²) in [6, 6.07) is -3.21. The number of rotatable bonds is 29. The van der Waals surface area contributed by atoms with Gasteiger partial charge in [0.25, 0.3) is 0 Å². The zero-order valence-corrected chi connectivity index (χ0v) is 31.4. The summed E-state index contributed by atoms with van der Waals surface area (Å²) in [6.07, 6.45) is 0.816. The van der Waals surface area contributed by atoms with Crippen molar-refractivity contribution in [2.75, 3.05) is 7.05 Å². The molecule has 0 rings (SSSR count). The van der Waals surface area contributed by atoms with E-state index in [1.165, 1.54) is 41.5 Å². The normalized spacial score (nSPS) is 13.8. The summed E-state index contributed by atoms with van der Waals surface area (Å²) >= 11 is 0. The molecular weight excluding hydrogens is 662 g/mol. The van der Waals surface area contributed by atoms with Crippen molar-refractivity contribution in [1.82, 2.24) is 26.6 Å². The maximum Gasteiger partial charge on any atom is 0.222 e. The van der Waals surface area contributed by atoms with Gasteiger partial charge >= 0.3 is 0 Å². The fourth-order valence-electron chi connectivity index (χ4n) is 5.51. The number of Topliss-reactive ketones (excluding diaryl/α,β-unsaturated/α-hetero) is 6. The van der Waals surface area contributed by atoms with Gasteiger partial charge in [-0.05, 0) is 74.3 Å². The number of amides is 4. The standard InChI is InChI=1S/C36H59N5O10/c1-22(42)8-11-28(37-7)19-34(49)40-31(14-15-33(48)38-29(16-25(4)45)12-9-23(2)43)20-35(50)41-32(18-27(6)47)21-36(51)39-30(17-26(5)46)13-10-24(3)44/h28-32,37H,8-21H2,1-7H3,(H,38,48)(H,39,51)(H,40,49)(H,41,50). The molecule has 0 heterocycles. The Morgan fingerprint density at radius 2 is 0.608 bits per heavy atom. The van der Waals surface area contributed by atoms with Crippen molar-refractivity contribution in [3.8, 4) is 0 Å². The van der Waals surface area contributed by atoms with Crippen molar-refractivity contribution in [1.29, 1.82) is 0 Å². The molecule has 0 saturated carbocycles. The molecule has 0 aliphatic carbocycles. The molecule has 0 fully saturated rings. The summed E-state index contributed by atoms with van der Waals surface area (Å²) in [5.74, 6) is -2.80. The second-order valence-corrected chi connectivity index (χ2v) is 13.6. The monoisotopic (exact) mass is 721 g/mol. The van der Waals surface area contributed by atoms with Crippen LogP contribution >= 0.6 is 0 Å². The molecular formula is C36H59N5O10. The number of hydrogen-bond acceptors (Lipinski definition) is 11. The topological polar surface area (TPSA) is 231 Å². The molecule has 4 amide bonds. The Bertz CT molecular complexity index is 1250. The van der Waals surface area contributed by atoms with Crippen LogP contribution in [0.3, 0.4) is 0 Å². The van der Waals surface area contributed by atoms with Crippen molar-refractivity contribution in [3.63, 3.8) is 0 Å². The van der Waals surface area contributed by atoms with E-state index < -0.39 is 47.8 Å². The van der Waals surface area contributed by atoms with Gasteiger partial charge in [0.15, 0.2) is 0 Å². The van der Waals surface area contributed by atoms with Gasteiger partial charge in [0.05, 0.1) is 0 Å². The van der Waals surface area contributed by atoms with E-state index in [4.69, 9.17) is 0 Å². The summed E-state index contributed by atoms with van der Waals surface area (Å²) in [5, 5.41) is 14.0. The highest BCUT2D eigenvalue weighted by molar-refractivity contribution is 5.85. The number of ketones is 6. The van der Waals surface area contributed by atoms with Crippen LogP contribution in [-0.2, 0) is 47.9 Å². The molecule has 0 spiro atoms. The fourth-order valence-corrected chi connectivity index (χ4v) is 5.51. The van der Waals surface area contributed by atoms with Crippen molar-refractivity contribution in [2.45, 2.75) is 162 Å². The lowest BCUT2D eigenvalue weighted by Gasteiger charge is -2.24. The molecule has 5 unspecified atom stereocenters. The lowest BCUT2D eigenvalue weighted by Crippen LogP contribution is -2.46. The van der Waals surface area contributed by atoms with E-state index in [0.717, 1.165) is 0 Å². The minimum atomic E-state index is -0.908. The summed E-state index contributed by atoms with van der Waals surface area (Å²) in [4.78, 5) is 122. The number of carbonyl (C=O) groups excluding carboxylic acids is 10. The molecule has 288 valence electrons. The maximum absolute atomic E-state index is 13.3. The van der Waals surface area contributed by atoms with Crippen LogP contribution in [0.25, 0.3) is 0 Å². The molecule has 0 saturated heterocycles. The van der Waals surface area contributed by atoms with Crippen LogP contribution in [0.15, 0.2) is 0 Å². The number of hydrogen-bond donors (Lipinski definition) is 5. The molecule has 0 aliphatic heterocycles. The second-order valence-electron chi connectivity index (χ2n) is 13.6. The summed E-state index contributed by atoms with van der Waals surface area (Å²) in [5.41, 5.74) is 0. The van der Waals surface area contributed by atoms with Crippen LogP contribution in [-0.4, -0.2) is 95.6 Å². The highest BCUT2D eigenvalue weighted by Crippen LogP contribution is 2.11. The average molecular weight is 722 g/mol. The maximum atomic E-state index is 13.3. The second kappa shape index (κ2) is 25.8. The summed E-state index contributed by atoms with van der Waals surface area (Å²) < 4.78 is 0. The van der Waals surface area contributed by atoms with E-state index in [1.54, 1.807) is 7.05 Å². The number of nitrogens with one attached hydrogen (secondary N) is 5. The fraction of sp³-hybridized carbons (Fsp3) is 0.722. The average Bonchev–Trinajstić information content (AvgIpc) is 2.98. The van der Waals surface area contributed by atoms with Gasteiger partial charge in [-0.2, -0.15) is 0 Å². The SMILES string of the molecule is CNC(CCC(C)=O)CC(=O)NC(CCC(=O)NC(CCC(C)=O)CC(C)=O)CC(=O)NC(CC(C)=O)CC(=O)NC(CCC(C)=O)CC(C)=O. The minimum Gasteiger partial charge on any atom is -0.353 e. The Balaban J connectivity index is 5.81. The van der Waals surface area contributed by atoms with Gasteiger partial charge < -0.3 is 41.0 Å². The summed E-state index contributed by atoms with van der Waals surface area (Å²) in [6.45, 7) is 8.34. The first-order valence-electron chi connectivity index (χ1n) is 17.6. The van der Waals surface area contributed by atoms with Crippen LogP contribution in [0.2, 0.25) is 0 Å². The molecule has 0 radical (unpaired) electrons. The van der Waals surface area contributed by atoms with Crippen molar-refractivity contribution in [3.05, 3.63) is 0 Å². The lowest BCUT2D eigenvalue weighted by atomic mass is 10.0. The van der Waals surface area contributed by atoms with Crippen molar-refractivity contribution >= 4 is 58.3 Å². The van der Waals surface area contributed by atoms with E-state index in [0.29, 0.717) is 6.42 Å². The van der Waals surface area contributed by atoms with Crippen molar-refractivity contribution < 1.29 is 47.9 Å². The Morgan fingerprint density at radius 3 is 0.980 bits per heavy atom. The van der Waals surface area contributed by atoms with Gasteiger partial charge in [-0.25, -0.2) is 0 Å². The molecule has 0 aromatic carbocycles. The van der Waals surface area contributed by atoms with Crippen LogP contribution in [0, 0.1) is 0 Å². The first kappa shape index (κ1) is 46.9. The molecule has 15 heteroatoms. The zero-order chi connectivity index (χ0) is 39.1. The first-order valence-corrected chi connectivity index (χ1v) is 17.6. The van der Waals surface area contributed by atoms with E-state index in [9.17, 15) is 47.9 Å². The predicted molar refractivity (Wildman–Crippen MR) is 189 cm³/mol. The van der Waals surface area contributed by atoms with Gasteiger partial charge in [-0.15, -0.1) is 0 Å². The van der Waals surface area contributed by atoms with E-state index >= 15 is 0 Å². The zero-order valence-electron chi connectivity index (χ0n) is 31.4. The van der Waals surface area contributed by atoms with Crippen LogP contribution in [0.5, 0.6) is 0 Å². The van der Waals surface area contributed by atoms with Gasteiger partial charge in [0, 0.05) is 94.4 Å². The predicted octanol–water partition coefficient (Wildman–Crippen LogP) is 1.51. The van der Waals surface area contributed by atoms with Gasteiger partial charge in [-0.3, -0.25) is 33.6 Å². The third-order valence-electron chi connectivity index (χ3n) is 8.02. The molecule has 0 aromatic rings. The van der Waals surface area contributed by atoms with Gasteiger partial charge in [0.2, 0.25) is 23.6 Å². The molecule has 5 N–H and O–H groups in total. The molecule has 5 atom stereocenters.